The van der Waals surface area contributed by atoms with Crippen molar-refractivity contribution in [1.82, 2.24) is 9.55 Å². The Kier molecular flexibility index (Phi) is 4.36. The number of hydrogen-bond acceptors (Lipinski definition) is 2. The van der Waals surface area contributed by atoms with Crippen LogP contribution in [0.5, 0.6) is 0 Å². The molecule has 0 amide bonds. The Labute approximate surface area is 160 Å². The maximum Gasteiger partial charge on any atom is 0.0703 e. The molecule has 0 aliphatic heterocycles. The lowest BCUT2D eigenvalue weighted by Crippen LogP contribution is -1.99. The summed E-state index contributed by atoms with van der Waals surface area (Å²) < 4.78 is 2.27. The molecular formula is C24H23N3. The first-order valence-electron chi connectivity index (χ1n) is 9.18. The molecule has 2 heterocycles. The van der Waals surface area contributed by atoms with Gasteiger partial charge in [-0.25, -0.2) is 0 Å². The van der Waals surface area contributed by atoms with Crippen LogP contribution in [0.2, 0.25) is 0 Å². The highest BCUT2D eigenvalue weighted by Crippen LogP contribution is 2.24. The molecule has 4 rings (SSSR count). The van der Waals surface area contributed by atoms with E-state index in [0.717, 1.165) is 27.8 Å². The molecule has 2 aromatic carbocycles. The Bertz CT molecular complexity index is 1170. The van der Waals surface area contributed by atoms with Crippen LogP contribution in [0.3, 0.4) is 0 Å². The molecule has 134 valence electrons. The highest BCUT2D eigenvalue weighted by atomic mass is 15.0. The number of rotatable bonds is 3. The average Bonchev–Trinajstić information content (AvgIpc) is 2.96. The summed E-state index contributed by atoms with van der Waals surface area (Å²) in [5.41, 5.74) is 9.21. The number of nitrogens with zero attached hydrogens (tertiary/aromatic N) is 3. The van der Waals surface area contributed by atoms with E-state index in [9.17, 15) is 0 Å². The van der Waals surface area contributed by atoms with E-state index in [2.05, 4.69) is 90.8 Å². The van der Waals surface area contributed by atoms with Crippen molar-refractivity contribution < 1.29 is 0 Å². The van der Waals surface area contributed by atoms with Gasteiger partial charge in [0.1, 0.15) is 0 Å². The van der Waals surface area contributed by atoms with Crippen LogP contribution < -0.4 is 0 Å². The van der Waals surface area contributed by atoms with Crippen LogP contribution in [0, 0.1) is 27.7 Å². The molecule has 0 bridgehead atoms. The van der Waals surface area contributed by atoms with Gasteiger partial charge >= 0.3 is 0 Å². The second-order valence-corrected chi connectivity index (χ2v) is 7.07. The first kappa shape index (κ1) is 17.2. The zero-order chi connectivity index (χ0) is 19.0. The van der Waals surface area contributed by atoms with E-state index in [1.165, 1.54) is 22.5 Å². The molecular weight excluding hydrogens is 330 g/mol. The number of pyridine rings is 1. The zero-order valence-corrected chi connectivity index (χ0v) is 16.2. The predicted octanol–water partition coefficient (Wildman–Crippen LogP) is 6.01. The van der Waals surface area contributed by atoms with Crippen LogP contribution >= 0.6 is 0 Å². The lowest BCUT2D eigenvalue weighted by molar-refractivity contribution is 0.967. The highest BCUT2D eigenvalue weighted by molar-refractivity contribution is 5.85. The molecule has 3 heteroatoms. The second-order valence-electron chi connectivity index (χ2n) is 7.07. The average molecular weight is 353 g/mol. The van der Waals surface area contributed by atoms with Gasteiger partial charge < -0.3 is 4.57 Å². The molecule has 0 saturated carbocycles. The summed E-state index contributed by atoms with van der Waals surface area (Å²) in [5, 5.41) is 1.15. The monoisotopic (exact) mass is 353 g/mol. The molecule has 2 aromatic heterocycles. The van der Waals surface area contributed by atoms with Crippen LogP contribution in [0.25, 0.3) is 16.6 Å². The van der Waals surface area contributed by atoms with Crippen LogP contribution in [0.1, 0.15) is 28.1 Å². The largest absolute Gasteiger partial charge is 0.318 e. The van der Waals surface area contributed by atoms with E-state index < -0.39 is 0 Å². The fourth-order valence-corrected chi connectivity index (χ4v) is 3.47. The molecule has 0 aliphatic rings. The summed E-state index contributed by atoms with van der Waals surface area (Å²) in [5.74, 6) is 0. The van der Waals surface area contributed by atoms with Crippen molar-refractivity contribution in [3.63, 3.8) is 0 Å². The number of benzene rings is 2. The van der Waals surface area contributed by atoms with Gasteiger partial charge in [0.2, 0.25) is 0 Å². The predicted molar refractivity (Wildman–Crippen MR) is 114 cm³/mol. The molecule has 0 spiro atoms. The van der Waals surface area contributed by atoms with Gasteiger partial charge in [-0.05, 0) is 81.3 Å². The van der Waals surface area contributed by atoms with Gasteiger partial charge in [-0.2, -0.15) is 0 Å². The van der Waals surface area contributed by atoms with Gasteiger partial charge in [0.05, 0.1) is 11.2 Å². The molecule has 27 heavy (non-hydrogen) atoms. The van der Waals surface area contributed by atoms with E-state index in [4.69, 9.17) is 0 Å². The molecule has 0 unspecified atom stereocenters. The minimum atomic E-state index is 0.986. The summed E-state index contributed by atoms with van der Waals surface area (Å²) in [6.45, 7) is 8.51. The number of hydrogen-bond donors (Lipinski definition) is 0. The first-order valence-corrected chi connectivity index (χ1v) is 9.18. The van der Waals surface area contributed by atoms with Crippen LogP contribution in [-0.4, -0.2) is 15.8 Å². The molecule has 4 aromatic rings. The minimum absolute atomic E-state index is 0.986. The smallest absolute Gasteiger partial charge is 0.0703 e. The van der Waals surface area contributed by atoms with E-state index >= 15 is 0 Å². The Morgan fingerprint density at radius 1 is 0.889 bits per heavy atom. The van der Waals surface area contributed by atoms with E-state index in [0.29, 0.717) is 0 Å². The van der Waals surface area contributed by atoms with Gasteiger partial charge in [-0.1, -0.05) is 12.1 Å². The number of aryl methyl sites for hydroxylation is 3. The molecule has 0 fully saturated rings. The molecule has 0 saturated heterocycles. The maximum absolute atomic E-state index is 4.69. The third-order valence-electron chi connectivity index (χ3n) is 5.16. The fourth-order valence-electron chi connectivity index (χ4n) is 3.47. The Balaban J connectivity index is 1.72. The number of fused-ring (bicyclic) bond motifs is 1. The van der Waals surface area contributed by atoms with Crippen molar-refractivity contribution in [3.8, 4) is 5.69 Å². The van der Waals surface area contributed by atoms with Gasteiger partial charge in [-0.3, -0.25) is 9.98 Å². The van der Waals surface area contributed by atoms with E-state index in [1.807, 2.05) is 18.5 Å². The van der Waals surface area contributed by atoms with Crippen molar-refractivity contribution >= 4 is 22.8 Å². The molecule has 3 nitrogen and oxygen atoms in total. The number of aliphatic imine (C=N–C) groups is 1. The van der Waals surface area contributed by atoms with Crippen LogP contribution in [0.15, 0.2) is 65.8 Å². The molecule has 0 atom stereocenters. The molecule has 0 radical (unpaired) electrons. The van der Waals surface area contributed by atoms with Gasteiger partial charge in [-0.15, -0.1) is 0 Å². The topological polar surface area (TPSA) is 30.2 Å². The Hall–Kier alpha value is -3.20. The molecule has 0 aliphatic carbocycles. The Morgan fingerprint density at radius 3 is 2.56 bits per heavy atom. The lowest BCUT2D eigenvalue weighted by atomic mass is 10.1. The summed E-state index contributed by atoms with van der Waals surface area (Å²) in [4.78, 5) is 9.10. The lowest BCUT2D eigenvalue weighted by Gasteiger charge is -2.10. The highest BCUT2D eigenvalue weighted by Gasteiger charge is 2.10. The van der Waals surface area contributed by atoms with Gasteiger partial charge in [0, 0.05) is 40.4 Å². The Morgan fingerprint density at radius 2 is 1.74 bits per heavy atom. The SMILES string of the molecule is Cc1ccc(N=Cc2cc(C)n(-c3ccc4ncccc4c3)c2C)cc1C. The van der Waals surface area contributed by atoms with Crippen LogP contribution in [0.4, 0.5) is 5.69 Å². The van der Waals surface area contributed by atoms with Gasteiger partial charge in [0.25, 0.3) is 0 Å². The van der Waals surface area contributed by atoms with Gasteiger partial charge in [0.15, 0.2) is 0 Å². The third kappa shape index (κ3) is 3.28. The summed E-state index contributed by atoms with van der Waals surface area (Å²) in [6, 6.07) is 19.0. The van der Waals surface area contributed by atoms with Crippen molar-refractivity contribution in [1.29, 1.82) is 0 Å². The second kappa shape index (κ2) is 6.84. The van der Waals surface area contributed by atoms with Crippen molar-refractivity contribution in [2.45, 2.75) is 27.7 Å². The van der Waals surface area contributed by atoms with Crippen molar-refractivity contribution in [2.24, 2.45) is 4.99 Å². The normalized spacial score (nSPS) is 11.6. The quantitative estimate of drug-likeness (QED) is 0.415. The fraction of sp³-hybridized carbons (Fsp3) is 0.167. The third-order valence-corrected chi connectivity index (χ3v) is 5.16. The van der Waals surface area contributed by atoms with E-state index in [1.54, 1.807) is 0 Å². The first-order chi connectivity index (χ1) is 13.0. The summed E-state index contributed by atoms with van der Waals surface area (Å²) in [7, 11) is 0. The standard InChI is InChI=1S/C24H23N3/c1-16-7-8-22(12-17(16)2)26-15-21-13-18(3)27(19(21)4)23-9-10-24-20(14-23)6-5-11-25-24/h5-15H,1-4H3. The summed E-state index contributed by atoms with van der Waals surface area (Å²) in [6.07, 6.45) is 3.79. The van der Waals surface area contributed by atoms with E-state index in [-0.39, 0.29) is 0 Å². The minimum Gasteiger partial charge on any atom is -0.318 e. The van der Waals surface area contributed by atoms with Crippen molar-refractivity contribution in [3.05, 3.63) is 88.9 Å². The number of aromatic nitrogens is 2. The molecule has 0 N–H and O–H groups in total. The maximum atomic E-state index is 4.69. The van der Waals surface area contributed by atoms with Crippen LogP contribution in [-0.2, 0) is 0 Å². The van der Waals surface area contributed by atoms with Crippen molar-refractivity contribution in [2.75, 3.05) is 0 Å². The summed E-state index contributed by atoms with van der Waals surface area (Å²) >= 11 is 0. The zero-order valence-electron chi connectivity index (χ0n) is 16.2.